The lowest BCUT2D eigenvalue weighted by atomic mass is 9.46. The zero-order valence-electron chi connectivity index (χ0n) is 18.0. The van der Waals surface area contributed by atoms with Crippen molar-refractivity contribution < 1.29 is 29.3 Å². The average molecular weight is 417 g/mol. The van der Waals surface area contributed by atoms with Gasteiger partial charge in [-0.25, -0.2) is 4.79 Å². The van der Waals surface area contributed by atoms with Crippen molar-refractivity contribution in [2.24, 2.45) is 28.6 Å². The van der Waals surface area contributed by atoms with Gasteiger partial charge in [-0.3, -0.25) is 4.79 Å². The number of ketones is 1. The third-order valence-corrected chi connectivity index (χ3v) is 9.13. The van der Waals surface area contributed by atoms with Gasteiger partial charge in [0.15, 0.2) is 17.7 Å². The summed E-state index contributed by atoms with van der Waals surface area (Å²) in [6.07, 6.45) is 7.90. The summed E-state index contributed by atoms with van der Waals surface area (Å²) in [5.41, 5.74) is -1.37. The van der Waals surface area contributed by atoms with Gasteiger partial charge in [0, 0.05) is 16.7 Å². The Labute approximate surface area is 177 Å². The second kappa shape index (κ2) is 6.50. The number of allylic oxidation sites excluding steroid dienone is 4. The molecule has 164 valence electrons. The monoisotopic (exact) mass is 416 g/mol. The molecule has 6 heteroatoms. The second-order valence-electron chi connectivity index (χ2n) is 10.4. The Bertz CT molecular complexity index is 847. The van der Waals surface area contributed by atoms with Crippen LogP contribution in [-0.4, -0.2) is 46.1 Å². The van der Waals surface area contributed by atoms with E-state index in [4.69, 9.17) is 9.47 Å². The molecule has 9 atom stereocenters. The van der Waals surface area contributed by atoms with Crippen LogP contribution in [0.1, 0.15) is 59.3 Å². The molecule has 0 aromatic rings. The molecule has 0 radical (unpaired) electrons. The fraction of sp³-hybridized carbons (Fsp3) is 0.750. The average Bonchev–Trinajstić information content (AvgIpc) is 3.15. The molecular formula is C24H32O6. The smallest absolute Gasteiger partial charge is 0.339 e. The second-order valence-corrected chi connectivity index (χ2v) is 10.4. The number of carbonyl (C=O) groups excluding carboxylic acids is 1. The molecule has 4 aliphatic carbocycles. The minimum absolute atomic E-state index is 0.0139. The van der Waals surface area contributed by atoms with Gasteiger partial charge in [-0.2, -0.15) is 0 Å². The summed E-state index contributed by atoms with van der Waals surface area (Å²) in [7, 11) is 0. The van der Waals surface area contributed by atoms with Crippen molar-refractivity contribution in [2.75, 3.05) is 0 Å². The van der Waals surface area contributed by atoms with E-state index in [9.17, 15) is 19.8 Å². The third kappa shape index (κ3) is 2.36. The normalized spacial score (nSPS) is 51.6. The van der Waals surface area contributed by atoms with E-state index in [1.54, 1.807) is 12.2 Å². The molecule has 0 spiro atoms. The van der Waals surface area contributed by atoms with Crippen molar-refractivity contribution in [3.63, 3.8) is 0 Å². The van der Waals surface area contributed by atoms with E-state index in [1.165, 1.54) is 0 Å². The van der Waals surface area contributed by atoms with Gasteiger partial charge in [-0.05, 0) is 56.1 Å². The van der Waals surface area contributed by atoms with Gasteiger partial charge in [-0.1, -0.05) is 38.8 Å². The van der Waals surface area contributed by atoms with Crippen LogP contribution in [0.15, 0.2) is 23.8 Å². The van der Waals surface area contributed by atoms with Gasteiger partial charge in [0.2, 0.25) is 0 Å². The molecule has 3 saturated carbocycles. The Balaban J connectivity index is 1.55. The van der Waals surface area contributed by atoms with E-state index in [0.29, 0.717) is 19.3 Å². The standard InChI is InChI=1S/C24H32O6/c1-4-5-19-29-18-11-16-15-7-6-13-10-14(25)8-9-22(13,2)20(15)17(26)12-23(16,3)24(18,30-19)21(27)28/h8-10,15-20,26H,4-7,11-12H2,1-3H3,(H,27,28)/t15-,16+,17+,18+,19+,20+,22-,23-,24-/m0/s1. The van der Waals surface area contributed by atoms with E-state index in [-0.39, 0.29) is 29.0 Å². The van der Waals surface area contributed by atoms with Crippen LogP contribution < -0.4 is 0 Å². The van der Waals surface area contributed by atoms with Gasteiger partial charge < -0.3 is 19.7 Å². The SMILES string of the molecule is CCC[C@@H]1O[C@@H]2C[C@@H]3[C@@H]4CCC5=CC(=O)C=C[C@]5(C)[C@H]4[C@H](O)C[C@]3(C)[C@]2(C(=O)O)O1. The fourth-order valence-electron chi connectivity index (χ4n) is 7.87. The Morgan fingerprint density at radius 3 is 2.80 bits per heavy atom. The molecule has 0 aromatic heterocycles. The summed E-state index contributed by atoms with van der Waals surface area (Å²) in [5.74, 6) is -0.722. The molecule has 4 fully saturated rings. The number of aliphatic hydroxyl groups is 1. The number of aliphatic carboxylic acids is 1. The first-order valence-electron chi connectivity index (χ1n) is 11.4. The van der Waals surface area contributed by atoms with Gasteiger partial charge in [-0.15, -0.1) is 0 Å². The molecule has 2 N–H and O–H groups in total. The molecule has 0 unspecified atom stereocenters. The zero-order chi connectivity index (χ0) is 21.5. The highest BCUT2D eigenvalue weighted by Crippen LogP contribution is 2.69. The predicted octanol–water partition coefficient (Wildman–Crippen LogP) is 3.24. The number of fused-ring (bicyclic) bond motifs is 7. The number of carboxylic acid groups (broad SMARTS) is 1. The van der Waals surface area contributed by atoms with Crippen molar-refractivity contribution in [2.45, 2.75) is 83.4 Å². The minimum Gasteiger partial charge on any atom is -0.479 e. The fourth-order valence-corrected chi connectivity index (χ4v) is 7.87. The van der Waals surface area contributed by atoms with Crippen molar-refractivity contribution in [1.29, 1.82) is 0 Å². The van der Waals surface area contributed by atoms with Crippen molar-refractivity contribution >= 4 is 11.8 Å². The molecule has 0 aromatic carbocycles. The van der Waals surface area contributed by atoms with Crippen LogP contribution in [0.2, 0.25) is 0 Å². The number of hydrogen-bond acceptors (Lipinski definition) is 5. The Morgan fingerprint density at radius 1 is 1.33 bits per heavy atom. The van der Waals surface area contributed by atoms with Crippen LogP contribution in [0.5, 0.6) is 0 Å². The van der Waals surface area contributed by atoms with Crippen LogP contribution in [0.25, 0.3) is 0 Å². The molecule has 5 aliphatic rings. The largest absolute Gasteiger partial charge is 0.479 e. The Hall–Kier alpha value is -1.50. The third-order valence-electron chi connectivity index (χ3n) is 9.13. The Morgan fingerprint density at radius 2 is 2.10 bits per heavy atom. The quantitative estimate of drug-likeness (QED) is 0.734. The topological polar surface area (TPSA) is 93.1 Å². The highest BCUT2D eigenvalue weighted by atomic mass is 16.7. The summed E-state index contributed by atoms with van der Waals surface area (Å²) in [6.45, 7) is 6.15. The maximum atomic E-state index is 12.7. The predicted molar refractivity (Wildman–Crippen MR) is 108 cm³/mol. The summed E-state index contributed by atoms with van der Waals surface area (Å²) in [5, 5.41) is 21.8. The molecule has 6 nitrogen and oxygen atoms in total. The Kier molecular flexibility index (Phi) is 4.42. The van der Waals surface area contributed by atoms with Crippen LogP contribution in [0.4, 0.5) is 0 Å². The maximum absolute atomic E-state index is 12.7. The summed E-state index contributed by atoms with van der Waals surface area (Å²) >= 11 is 0. The number of rotatable bonds is 3. The number of ether oxygens (including phenoxy) is 2. The van der Waals surface area contributed by atoms with E-state index in [1.807, 2.05) is 19.9 Å². The first-order valence-corrected chi connectivity index (χ1v) is 11.4. The highest BCUT2D eigenvalue weighted by molar-refractivity contribution is 6.01. The van der Waals surface area contributed by atoms with E-state index in [2.05, 4.69) is 6.92 Å². The molecule has 1 saturated heterocycles. The molecular weight excluding hydrogens is 384 g/mol. The maximum Gasteiger partial charge on any atom is 0.339 e. The van der Waals surface area contributed by atoms with E-state index in [0.717, 1.165) is 24.8 Å². The molecule has 1 aliphatic heterocycles. The molecule has 1 heterocycles. The van der Waals surface area contributed by atoms with Gasteiger partial charge >= 0.3 is 5.97 Å². The van der Waals surface area contributed by atoms with Gasteiger partial charge in [0.1, 0.15) is 6.10 Å². The van der Waals surface area contributed by atoms with E-state index >= 15 is 0 Å². The number of carboxylic acids is 1. The van der Waals surface area contributed by atoms with Crippen molar-refractivity contribution in [3.05, 3.63) is 23.8 Å². The first kappa shape index (κ1) is 20.4. The lowest BCUT2D eigenvalue weighted by Gasteiger charge is -2.59. The summed E-state index contributed by atoms with van der Waals surface area (Å²) in [6, 6.07) is 0. The van der Waals surface area contributed by atoms with Crippen molar-refractivity contribution in [3.8, 4) is 0 Å². The summed E-state index contributed by atoms with van der Waals surface area (Å²) in [4.78, 5) is 24.6. The first-order chi connectivity index (χ1) is 14.2. The lowest BCUT2D eigenvalue weighted by Crippen LogP contribution is -2.63. The van der Waals surface area contributed by atoms with E-state index < -0.39 is 35.5 Å². The molecule has 0 bridgehead atoms. The molecule has 5 rings (SSSR count). The molecule has 30 heavy (non-hydrogen) atoms. The lowest BCUT2D eigenvalue weighted by molar-refractivity contribution is -0.210. The van der Waals surface area contributed by atoms with Crippen LogP contribution in [-0.2, 0) is 19.1 Å². The number of aliphatic hydroxyl groups excluding tert-OH is 1. The number of carbonyl (C=O) groups is 2. The van der Waals surface area contributed by atoms with Gasteiger partial charge in [0.05, 0.1) is 6.10 Å². The van der Waals surface area contributed by atoms with Crippen LogP contribution in [0, 0.1) is 28.6 Å². The van der Waals surface area contributed by atoms with Crippen molar-refractivity contribution in [1.82, 2.24) is 0 Å². The zero-order valence-corrected chi connectivity index (χ0v) is 18.0. The highest BCUT2D eigenvalue weighted by Gasteiger charge is 2.76. The van der Waals surface area contributed by atoms with Crippen LogP contribution in [0.3, 0.4) is 0 Å². The number of hydrogen-bond donors (Lipinski definition) is 2. The van der Waals surface area contributed by atoms with Crippen LogP contribution >= 0.6 is 0 Å². The van der Waals surface area contributed by atoms with Gasteiger partial charge in [0.25, 0.3) is 0 Å². The summed E-state index contributed by atoms with van der Waals surface area (Å²) < 4.78 is 12.4. The molecule has 0 amide bonds. The minimum atomic E-state index is -1.40.